The fourth-order valence-electron chi connectivity index (χ4n) is 2.68. The van der Waals surface area contributed by atoms with Gasteiger partial charge in [0.05, 0.1) is 13.1 Å². The Labute approximate surface area is 109 Å². The third-order valence-corrected chi connectivity index (χ3v) is 3.57. The first kappa shape index (κ1) is 13.4. The average molecular weight is 250 g/mol. The molecular formula is C15H24NO2+. The number of aliphatic hydroxyl groups is 1. The summed E-state index contributed by atoms with van der Waals surface area (Å²) < 4.78 is 5.57. The molecular weight excluding hydrogens is 226 g/mol. The monoisotopic (exact) mass is 250 g/mol. The molecule has 0 spiro atoms. The van der Waals surface area contributed by atoms with E-state index in [0.29, 0.717) is 6.61 Å². The molecule has 0 aliphatic carbocycles. The van der Waals surface area contributed by atoms with Crippen molar-refractivity contribution in [2.75, 3.05) is 26.2 Å². The van der Waals surface area contributed by atoms with Gasteiger partial charge in [0.25, 0.3) is 0 Å². The largest absolute Gasteiger partial charge is 0.491 e. The van der Waals surface area contributed by atoms with E-state index in [0.717, 1.165) is 18.2 Å². The minimum absolute atomic E-state index is 0.370. The molecule has 1 saturated heterocycles. The van der Waals surface area contributed by atoms with Crippen LogP contribution in [0.25, 0.3) is 0 Å². The van der Waals surface area contributed by atoms with Crippen LogP contribution >= 0.6 is 0 Å². The number of para-hydroxylation sites is 1. The van der Waals surface area contributed by atoms with Crippen LogP contribution in [0, 0.1) is 5.92 Å². The van der Waals surface area contributed by atoms with Crippen molar-refractivity contribution in [2.24, 2.45) is 5.92 Å². The Morgan fingerprint density at radius 2 is 2.17 bits per heavy atom. The summed E-state index contributed by atoms with van der Waals surface area (Å²) in [5.74, 6) is 1.62. The zero-order valence-electron chi connectivity index (χ0n) is 11.1. The first-order valence-corrected chi connectivity index (χ1v) is 6.93. The number of rotatable bonds is 5. The van der Waals surface area contributed by atoms with Crippen LogP contribution < -0.4 is 9.64 Å². The molecule has 0 radical (unpaired) electrons. The van der Waals surface area contributed by atoms with Crippen molar-refractivity contribution in [3.8, 4) is 5.75 Å². The summed E-state index contributed by atoms with van der Waals surface area (Å²) in [5, 5.41) is 10.0. The van der Waals surface area contributed by atoms with E-state index in [1.54, 1.807) is 0 Å². The van der Waals surface area contributed by atoms with Crippen molar-refractivity contribution < 1.29 is 14.7 Å². The Hall–Kier alpha value is -1.06. The molecule has 18 heavy (non-hydrogen) atoms. The van der Waals surface area contributed by atoms with Gasteiger partial charge in [0.1, 0.15) is 25.0 Å². The number of quaternary nitrogens is 1. The minimum atomic E-state index is -0.370. The van der Waals surface area contributed by atoms with Gasteiger partial charge in [-0.1, -0.05) is 25.1 Å². The molecule has 1 aliphatic heterocycles. The second kappa shape index (κ2) is 6.76. The van der Waals surface area contributed by atoms with E-state index in [1.165, 1.54) is 30.8 Å². The van der Waals surface area contributed by atoms with Crippen LogP contribution in [0.4, 0.5) is 0 Å². The lowest BCUT2D eigenvalue weighted by Gasteiger charge is -2.29. The maximum atomic E-state index is 10.0. The molecule has 1 fully saturated rings. The summed E-state index contributed by atoms with van der Waals surface area (Å²) in [7, 11) is 0. The van der Waals surface area contributed by atoms with Crippen molar-refractivity contribution in [2.45, 2.75) is 25.9 Å². The van der Waals surface area contributed by atoms with Crippen molar-refractivity contribution in [3.05, 3.63) is 30.3 Å². The van der Waals surface area contributed by atoms with Gasteiger partial charge in [0, 0.05) is 5.92 Å². The van der Waals surface area contributed by atoms with Gasteiger partial charge in [0.15, 0.2) is 0 Å². The second-order valence-electron chi connectivity index (χ2n) is 5.43. The van der Waals surface area contributed by atoms with Crippen molar-refractivity contribution in [3.63, 3.8) is 0 Å². The lowest BCUT2D eigenvalue weighted by Crippen LogP contribution is -3.14. The molecule has 3 nitrogen and oxygen atoms in total. The zero-order chi connectivity index (χ0) is 12.8. The molecule has 1 aliphatic rings. The highest BCUT2D eigenvalue weighted by Gasteiger charge is 2.22. The molecule has 1 heterocycles. The van der Waals surface area contributed by atoms with Crippen molar-refractivity contribution in [1.82, 2.24) is 0 Å². The number of nitrogens with one attached hydrogen (secondary N) is 1. The smallest absolute Gasteiger partial charge is 0.137 e. The van der Waals surface area contributed by atoms with Crippen LogP contribution in [-0.2, 0) is 0 Å². The highest BCUT2D eigenvalue weighted by atomic mass is 16.5. The Morgan fingerprint density at radius 1 is 1.39 bits per heavy atom. The summed E-state index contributed by atoms with van der Waals surface area (Å²) >= 11 is 0. The minimum Gasteiger partial charge on any atom is -0.491 e. The third-order valence-electron chi connectivity index (χ3n) is 3.57. The highest BCUT2D eigenvalue weighted by Crippen LogP contribution is 2.08. The lowest BCUT2D eigenvalue weighted by molar-refractivity contribution is -0.911. The number of hydrogen-bond acceptors (Lipinski definition) is 2. The number of benzene rings is 1. The molecule has 0 bridgehead atoms. The van der Waals surface area contributed by atoms with Gasteiger partial charge in [-0.15, -0.1) is 0 Å². The topological polar surface area (TPSA) is 33.9 Å². The van der Waals surface area contributed by atoms with E-state index in [-0.39, 0.29) is 6.10 Å². The molecule has 0 amide bonds. The standard InChI is InChI=1S/C15H23NO2/c1-13-6-5-9-16(10-13)11-14(17)12-18-15-7-3-2-4-8-15/h2-4,7-8,13-14,17H,5-6,9-12H2,1H3/p+1/t13-,14+/m1/s1. The van der Waals surface area contributed by atoms with Gasteiger partial charge in [0.2, 0.25) is 0 Å². The van der Waals surface area contributed by atoms with Gasteiger partial charge in [-0.2, -0.15) is 0 Å². The van der Waals surface area contributed by atoms with Crippen LogP contribution in [0.1, 0.15) is 19.8 Å². The molecule has 2 N–H and O–H groups in total. The quantitative estimate of drug-likeness (QED) is 0.808. The summed E-state index contributed by atoms with van der Waals surface area (Å²) in [5.41, 5.74) is 0. The van der Waals surface area contributed by atoms with Gasteiger partial charge >= 0.3 is 0 Å². The van der Waals surface area contributed by atoms with Crippen LogP contribution in [0.5, 0.6) is 5.75 Å². The number of piperidine rings is 1. The third kappa shape index (κ3) is 4.31. The summed E-state index contributed by atoms with van der Waals surface area (Å²) in [6.07, 6.45) is 2.24. The summed E-state index contributed by atoms with van der Waals surface area (Å²) in [6, 6.07) is 9.69. The lowest BCUT2D eigenvalue weighted by atomic mass is 10.0. The normalized spacial score (nSPS) is 25.7. The number of aliphatic hydroxyl groups excluding tert-OH is 1. The molecule has 1 aromatic carbocycles. The molecule has 2 rings (SSSR count). The van der Waals surface area contributed by atoms with E-state index < -0.39 is 0 Å². The molecule has 3 heteroatoms. The van der Waals surface area contributed by atoms with Gasteiger partial charge < -0.3 is 14.7 Å². The highest BCUT2D eigenvalue weighted by molar-refractivity contribution is 5.20. The van der Waals surface area contributed by atoms with E-state index in [9.17, 15) is 5.11 Å². The van der Waals surface area contributed by atoms with Gasteiger partial charge in [-0.25, -0.2) is 0 Å². The van der Waals surface area contributed by atoms with Gasteiger partial charge in [-0.3, -0.25) is 0 Å². The van der Waals surface area contributed by atoms with Crippen LogP contribution in [-0.4, -0.2) is 37.5 Å². The molecule has 0 aromatic heterocycles. The van der Waals surface area contributed by atoms with E-state index in [1.807, 2.05) is 30.3 Å². The Morgan fingerprint density at radius 3 is 2.89 bits per heavy atom. The predicted octanol–water partition coefficient (Wildman–Crippen LogP) is 0.741. The SMILES string of the molecule is C[C@@H]1CCC[NH+](C[C@H](O)COc2ccccc2)C1. The number of likely N-dealkylation sites (tertiary alicyclic amines) is 1. The first-order valence-electron chi connectivity index (χ1n) is 6.93. The maximum absolute atomic E-state index is 10.0. The van der Waals surface area contributed by atoms with Crippen LogP contribution in [0.3, 0.4) is 0 Å². The number of hydrogen-bond donors (Lipinski definition) is 2. The fourth-order valence-corrected chi connectivity index (χ4v) is 2.68. The molecule has 3 atom stereocenters. The Balaban J connectivity index is 1.70. The van der Waals surface area contributed by atoms with Crippen LogP contribution in [0.2, 0.25) is 0 Å². The van der Waals surface area contributed by atoms with Crippen LogP contribution in [0.15, 0.2) is 30.3 Å². The van der Waals surface area contributed by atoms with E-state index in [2.05, 4.69) is 6.92 Å². The second-order valence-corrected chi connectivity index (χ2v) is 5.43. The zero-order valence-corrected chi connectivity index (χ0v) is 11.1. The van der Waals surface area contributed by atoms with E-state index in [4.69, 9.17) is 4.74 Å². The predicted molar refractivity (Wildman–Crippen MR) is 71.9 cm³/mol. The number of ether oxygens (including phenoxy) is 1. The average Bonchev–Trinajstić information content (AvgIpc) is 2.38. The van der Waals surface area contributed by atoms with Crippen molar-refractivity contribution >= 4 is 0 Å². The van der Waals surface area contributed by atoms with E-state index >= 15 is 0 Å². The molecule has 0 saturated carbocycles. The molecule has 1 unspecified atom stereocenters. The van der Waals surface area contributed by atoms with Crippen molar-refractivity contribution in [1.29, 1.82) is 0 Å². The first-order chi connectivity index (χ1) is 8.74. The Kier molecular flexibility index (Phi) is 5.02. The van der Waals surface area contributed by atoms with Gasteiger partial charge in [-0.05, 0) is 25.0 Å². The Bertz CT molecular complexity index is 342. The molecule has 100 valence electrons. The molecule has 1 aromatic rings. The fraction of sp³-hybridized carbons (Fsp3) is 0.600. The summed E-state index contributed by atoms with van der Waals surface area (Å²) in [6.45, 7) is 5.86. The maximum Gasteiger partial charge on any atom is 0.137 e. The summed E-state index contributed by atoms with van der Waals surface area (Å²) in [4.78, 5) is 1.51.